The van der Waals surface area contributed by atoms with Gasteiger partial charge in [0.25, 0.3) is 0 Å². The predicted octanol–water partition coefficient (Wildman–Crippen LogP) is 2.56. The second-order valence-electron chi connectivity index (χ2n) is 3.54. The predicted molar refractivity (Wildman–Crippen MR) is 67.7 cm³/mol. The number of nitrogens with zero attached hydrogens (tertiary/aromatic N) is 1. The molecular formula is C12H23N3. The largest absolute Gasteiger partial charge is 0.386 e. The topological polar surface area (TPSA) is 50.4 Å². The molecule has 0 atom stereocenters. The maximum Gasteiger partial charge on any atom is 0.0958 e. The summed E-state index contributed by atoms with van der Waals surface area (Å²) in [5.74, 6) is 0.679. The van der Waals surface area contributed by atoms with Crippen LogP contribution in [-0.2, 0) is 0 Å². The molecule has 0 fully saturated rings. The molecule has 3 nitrogen and oxygen atoms in total. The van der Waals surface area contributed by atoms with E-state index >= 15 is 0 Å². The molecule has 0 spiro atoms. The summed E-state index contributed by atoms with van der Waals surface area (Å²) in [4.78, 5) is 4.29. The van der Waals surface area contributed by atoms with Crippen molar-refractivity contribution in [3.8, 4) is 0 Å². The second-order valence-corrected chi connectivity index (χ2v) is 3.54. The molecular weight excluding hydrogens is 186 g/mol. The number of rotatable bonds is 5. The van der Waals surface area contributed by atoms with Gasteiger partial charge in [-0.2, -0.15) is 0 Å². The van der Waals surface area contributed by atoms with E-state index in [0.29, 0.717) is 5.82 Å². The van der Waals surface area contributed by atoms with Gasteiger partial charge in [0.1, 0.15) is 0 Å². The summed E-state index contributed by atoms with van der Waals surface area (Å²) in [5.41, 5.74) is 9.10. The first kappa shape index (κ1) is 13.8. The number of hydrogen-bond acceptors (Lipinski definition) is 3. The summed E-state index contributed by atoms with van der Waals surface area (Å²) in [6.07, 6.45) is 3.97. The number of aliphatic imine (C=N–C) groups is 1. The van der Waals surface area contributed by atoms with Gasteiger partial charge in [0.15, 0.2) is 0 Å². The molecule has 3 heteroatoms. The first-order valence-corrected chi connectivity index (χ1v) is 5.39. The van der Waals surface area contributed by atoms with Crippen molar-refractivity contribution < 1.29 is 0 Å². The van der Waals surface area contributed by atoms with Crippen LogP contribution in [0.1, 0.15) is 40.5 Å². The van der Waals surface area contributed by atoms with Crippen LogP contribution in [-0.4, -0.2) is 12.8 Å². The summed E-state index contributed by atoms with van der Waals surface area (Å²) in [6.45, 7) is 8.16. The molecule has 0 aromatic rings. The minimum absolute atomic E-state index is 0.679. The van der Waals surface area contributed by atoms with Crippen molar-refractivity contribution in [1.82, 2.24) is 5.32 Å². The van der Waals surface area contributed by atoms with Crippen molar-refractivity contribution in [2.75, 3.05) is 7.05 Å². The molecule has 0 aliphatic rings. The highest BCUT2D eigenvalue weighted by atomic mass is 15.0. The van der Waals surface area contributed by atoms with Gasteiger partial charge < -0.3 is 11.1 Å². The maximum absolute atomic E-state index is 5.70. The maximum atomic E-state index is 5.70. The van der Waals surface area contributed by atoms with E-state index in [1.165, 1.54) is 5.57 Å². The fraction of sp³-hybridized carbons (Fsp3) is 0.583. The second kappa shape index (κ2) is 7.10. The van der Waals surface area contributed by atoms with E-state index in [1.54, 1.807) is 0 Å². The quantitative estimate of drug-likeness (QED) is 0.684. The first-order chi connectivity index (χ1) is 7.06. The molecule has 0 heterocycles. The summed E-state index contributed by atoms with van der Waals surface area (Å²) in [5, 5.41) is 3.14. The Morgan fingerprint density at radius 2 is 2.00 bits per heavy atom. The van der Waals surface area contributed by atoms with Crippen molar-refractivity contribution in [1.29, 1.82) is 0 Å². The molecule has 0 bridgehead atoms. The van der Waals surface area contributed by atoms with Crippen molar-refractivity contribution in [2.45, 2.75) is 40.5 Å². The smallest absolute Gasteiger partial charge is 0.0958 e. The lowest BCUT2D eigenvalue weighted by Crippen LogP contribution is -2.20. The standard InChI is InChI=1S/C12H23N3/c1-6-8-11(14-5)9(3)10(4)15-12(13)7-2/h7,15H,6,8,13H2,1-5H3/b10-9+,12-7+,14-11?. The monoisotopic (exact) mass is 209 g/mol. The lowest BCUT2D eigenvalue weighted by atomic mass is 10.1. The van der Waals surface area contributed by atoms with E-state index in [2.05, 4.69) is 24.2 Å². The van der Waals surface area contributed by atoms with Gasteiger partial charge in [0.05, 0.1) is 5.82 Å². The summed E-state index contributed by atoms with van der Waals surface area (Å²) in [7, 11) is 1.83. The molecule has 0 aromatic carbocycles. The van der Waals surface area contributed by atoms with Gasteiger partial charge in [-0.3, -0.25) is 4.99 Å². The lowest BCUT2D eigenvalue weighted by molar-refractivity contribution is 0.921. The van der Waals surface area contributed by atoms with Crippen LogP contribution in [0.15, 0.2) is 28.2 Å². The molecule has 0 rings (SSSR count). The Kier molecular flexibility index (Phi) is 6.50. The molecule has 86 valence electrons. The number of hydrogen-bond donors (Lipinski definition) is 2. The molecule has 0 saturated carbocycles. The van der Waals surface area contributed by atoms with Gasteiger partial charge in [-0.05, 0) is 38.8 Å². The third-order valence-electron chi connectivity index (χ3n) is 2.39. The average Bonchev–Trinajstić information content (AvgIpc) is 2.24. The highest BCUT2D eigenvalue weighted by Crippen LogP contribution is 2.08. The minimum atomic E-state index is 0.679. The van der Waals surface area contributed by atoms with Gasteiger partial charge in [-0.25, -0.2) is 0 Å². The Balaban J connectivity index is 4.75. The Labute approximate surface area is 93.2 Å². The van der Waals surface area contributed by atoms with Crippen molar-refractivity contribution in [3.63, 3.8) is 0 Å². The third kappa shape index (κ3) is 4.68. The molecule has 0 saturated heterocycles. The molecule has 0 aliphatic heterocycles. The van der Waals surface area contributed by atoms with Crippen LogP contribution < -0.4 is 11.1 Å². The van der Waals surface area contributed by atoms with Crippen LogP contribution in [0.25, 0.3) is 0 Å². The summed E-state index contributed by atoms with van der Waals surface area (Å²) in [6, 6.07) is 0. The molecule has 15 heavy (non-hydrogen) atoms. The number of nitrogens with two attached hydrogens (primary N) is 1. The fourth-order valence-electron chi connectivity index (χ4n) is 1.30. The molecule has 0 amide bonds. The Morgan fingerprint density at radius 1 is 1.40 bits per heavy atom. The van der Waals surface area contributed by atoms with Crippen LogP contribution >= 0.6 is 0 Å². The molecule has 0 aromatic heterocycles. The van der Waals surface area contributed by atoms with Gasteiger partial charge >= 0.3 is 0 Å². The summed E-state index contributed by atoms with van der Waals surface area (Å²) >= 11 is 0. The number of nitrogens with one attached hydrogen (secondary N) is 1. The molecule has 3 N–H and O–H groups in total. The van der Waals surface area contributed by atoms with Crippen LogP contribution in [0, 0.1) is 0 Å². The van der Waals surface area contributed by atoms with E-state index in [4.69, 9.17) is 5.73 Å². The van der Waals surface area contributed by atoms with E-state index in [1.807, 2.05) is 27.0 Å². The number of allylic oxidation sites excluding steroid dienone is 3. The summed E-state index contributed by atoms with van der Waals surface area (Å²) < 4.78 is 0. The van der Waals surface area contributed by atoms with Gasteiger partial charge in [-0.1, -0.05) is 13.3 Å². The van der Waals surface area contributed by atoms with Crippen molar-refractivity contribution >= 4 is 5.71 Å². The normalized spacial score (nSPS) is 15.0. The molecule has 0 unspecified atom stereocenters. The first-order valence-electron chi connectivity index (χ1n) is 5.39. The third-order valence-corrected chi connectivity index (χ3v) is 2.39. The van der Waals surface area contributed by atoms with Crippen LogP contribution in [0.4, 0.5) is 0 Å². The Morgan fingerprint density at radius 3 is 2.40 bits per heavy atom. The van der Waals surface area contributed by atoms with Crippen LogP contribution in [0.5, 0.6) is 0 Å². The van der Waals surface area contributed by atoms with Gasteiger partial charge in [0.2, 0.25) is 0 Å². The van der Waals surface area contributed by atoms with Gasteiger partial charge in [-0.15, -0.1) is 0 Å². The van der Waals surface area contributed by atoms with E-state index in [-0.39, 0.29) is 0 Å². The highest BCUT2D eigenvalue weighted by Gasteiger charge is 2.04. The van der Waals surface area contributed by atoms with E-state index in [0.717, 1.165) is 24.3 Å². The van der Waals surface area contributed by atoms with Gasteiger partial charge in [0, 0.05) is 18.5 Å². The zero-order chi connectivity index (χ0) is 11.8. The van der Waals surface area contributed by atoms with Crippen LogP contribution in [0.2, 0.25) is 0 Å². The zero-order valence-electron chi connectivity index (χ0n) is 10.5. The zero-order valence-corrected chi connectivity index (χ0v) is 10.5. The lowest BCUT2D eigenvalue weighted by Gasteiger charge is -2.12. The van der Waals surface area contributed by atoms with E-state index < -0.39 is 0 Å². The average molecular weight is 209 g/mol. The molecule has 0 aliphatic carbocycles. The Hall–Kier alpha value is -1.25. The van der Waals surface area contributed by atoms with Crippen LogP contribution in [0.3, 0.4) is 0 Å². The van der Waals surface area contributed by atoms with Crippen molar-refractivity contribution in [3.05, 3.63) is 23.2 Å². The highest BCUT2D eigenvalue weighted by molar-refractivity contribution is 6.00. The molecule has 0 radical (unpaired) electrons. The fourth-order valence-corrected chi connectivity index (χ4v) is 1.30. The minimum Gasteiger partial charge on any atom is -0.386 e. The van der Waals surface area contributed by atoms with Crippen molar-refractivity contribution in [2.24, 2.45) is 10.7 Å². The van der Waals surface area contributed by atoms with E-state index in [9.17, 15) is 0 Å². The SMILES string of the molecule is C/C=C(\N)N/C(C)=C(\C)C(CCC)=NC. The Bertz CT molecular complexity index is 285.